The van der Waals surface area contributed by atoms with Gasteiger partial charge in [-0.05, 0) is 45.8 Å². The molecule has 0 fully saturated rings. The third-order valence-corrected chi connectivity index (χ3v) is 3.94. The molecular formula is C15H29FO2S. The summed E-state index contributed by atoms with van der Waals surface area (Å²) in [4.78, 5) is 12.1. The molecule has 0 aromatic rings. The summed E-state index contributed by atoms with van der Waals surface area (Å²) < 4.78 is 17.4. The lowest BCUT2D eigenvalue weighted by atomic mass is 10.1. The van der Waals surface area contributed by atoms with E-state index >= 15 is 0 Å². The average molecular weight is 292 g/mol. The summed E-state index contributed by atoms with van der Waals surface area (Å²) >= 11 is 1.66. The number of hydrogen-bond donors (Lipinski definition) is 0. The van der Waals surface area contributed by atoms with E-state index in [0.29, 0.717) is 6.42 Å². The van der Waals surface area contributed by atoms with Crippen molar-refractivity contribution in [2.24, 2.45) is 0 Å². The summed E-state index contributed by atoms with van der Waals surface area (Å²) in [6.45, 7) is 7.57. The Morgan fingerprint density at radius 2 is 1.89 bits per heavy atom. The van der Waals surface area contributed by atoms with Crippen LogP contribution in [-0.2, 0) is 9.53 Å². The van der Waals surface area contributed by atoms with Crippen molar-refractivity contribution in [2.45, 2.75) is 77.1 Å². The van der Waals surface area contributed by atoms with E-state index < -0.39 is 5.60 Å². The van der Waals surface area contributed by atoms with Crippen LogP contribution in [0.1, 0.15) is 66.2 Å². The Labute approximate surface area is 121 Å². The molecule has 0 heterocycles. The number of alkyl halides is 1. The van der Waals surface area contributed by atoms with Gasteiger partial charge in [0.15, 0.2) is 0 Å². The van der Waals surface area contributed by atoms with Crippen LogP contribution >= 0.6 is 11.8 Å². The zero-order chi connectivity index (χ0) is 14.7. The van der Waals surface area contributed by atoms with Crippen LogP contribution in [0.4, 0.5) is 4.39 Å². The zero-order valence-corrected chi connectivity index (χ0v) is 13.7. The van der Waals surface area contributed by atoms with Crippen LogP contribution < -0.4 is 0 Å². The zero-order valence-electron chi connectivity index (χ0n) is 12.8. The van der Waals surface area contributed by atoms with Gasteiger partial charge in [0.05, 0.1) is 6.67 Å². The quantitative estimate of drug-likeness (QED) is 0.429. The SMILES string of the molecule is CCCCC(SCCCCCF)C(=O)OC(C)(C)C. The maximum Gasteiger partial charge on any atom is 0.319 e. The molecule has 0 amide bonds. The molecular weight excluding hydrogens is 263 g/mol. The highest BCUT2D eigenvalue weighted by molar-refractivity contribution is 8.00. The van der Waals surface area contributed by atoms with Crippen molar-refractivity contribution >= 4 is 17.7 Å². The Morgan fingerprint density at radius 1 is 1.21 bits per heavy atom. The first kappa shape index (κ1) is 18.8. The molecule has 0 aromatic heterocycles. The maximum absolute atomic E-state index is 12.1. The highest BCUT2D eigenvalue weighted by Crippen LogP contribution is 2.23. The Hall–Kier alpha value is -0.250. The monoisotopic (exact) mass is 292 g/mol. The lowest BCUT2D eigenvalue weighted by Crippen LogP contribution is -2.30. The fourth-order valence-corrected chi connectivity index (χ4v) is 2.80. The van der Waals surface area contributed by atoms with Crippen LogP contribution in [0.3, 0.4) is 0 Å². The van der Waals surface area contributed by atoms with Gasteiger partial charge in [0.2, 0.25) is 0 Å². The van der Waals surface area contributed by atoms with Crippen molar-refractivity contribution in [3.8, 4) is 0 Å². The molecule has 0 aliphatic carbocycles. The Kier molecular flexibility index (Phi) is 10.4. The van der Waals surface area contributed by atoms with E-state index in [2.05, 4.69) is 6.92 Å². The van der Waals surface area contributed by atoms with E-state index in [-0.39, 0.29) is 17.9 Å². The van der Waals surface area contributed by atoms with Crippen molar-refractivity contribution < 1.29 is 13.9 Å². The van der Waals surface area contributed by atoms with E-state index in [1.165, 1.54) is 0 Å². The summed E-state index contributed by atoms with van der Waals surface area (Å²) in [7, 11) is 0. The molecule has 0 rings (SSSR count). The molecule has 0 N–H and O–H groups in total. The Balaban J connectivity index is 4.10. The van der Waals surface area contributed by atoms with Crippen molar-refractivity contribution in [3.05, 3.63) is 0 Å². The minimum absolute atomic E-state index is 0.0652. The van der Waals surface area contributed by atoms with Gasteiger partial charge in [0, 0.05) is 0 Å². The summed E-state index contributed by atoms with van der Waals surface area (Å²) in [6.07, 6.45) is 5.51. The Morgan fingerprint density at radius 3 is 2.42 bits per heavy atom. The number of thioether (sulfide) groups is 1. The smallest absolute Gasteiger partial charge is 0.319 e. The lowest BCUT2D eigenvalue weighted by Gasteiger charge is -2.23. The van der Waals surface area contributed by atoms with Gasteiger partial charge in [0.25, 0.3) is 0 Å². The van der Waals surface area contributed by atoms with E-state index in [1.807, 2.05) is 20.8 Å². The Bertz CT molecular complexity index is 239. The largest absolute Gasteiger partial charge is 0.459 e. The molecule has 0 bridgehead atoms. The summed E-state index contributed by atoms with van der Waals surface area (Å²) in [5.41, 5.74) is -0.420. The standard InChI is InChI=1S/C15H29FO2S/c1-5-6-10-13(14(17)18-15(2,3)4)19-12-9-7-8-11-16/h13H,5-12H2,1-4H3. The predicted octanol–water partition coefficient (Wildman–Crippen LogP) is 4.76. The van der Waals surface area contributed by atoms with E-state index in [1.54, 1.807) is 11.8 Å². The molecule has 0 radical (unpaired) electrons. The van der Waals surface area contributed by atoms with Gasteiger partial charge in [-0.1, -0.05) is 26.2 Å². The van der Waals surface area contributed by atoms with E-state index in [9.17, 15) is 9.18 Å². The number of hydrogen-bond acceptors (Lipinski definition) is 3. The van der Waals surface area contributed by atoms with Crippen LogP contribution in [-0.4, -0.2) is 29.2 Å². The number of esters is 1. The van der Waals surface area contributed by atoms with Gasteiger partial charge >= 0.3 is 5.97 Å². The molecule has 1 unspecified atom stereocenters. The molecule has 0 aliphatic rings. The third kappa shape index (κ3) is 11.3. The molecule has 2 nitrogen and oxygen atoms in total. The van der Waals surface area contributed by atoms with Crippen molar-refractivity contribution in [1.82, 2.24) is 0 Å². The van der Waals surface area contributed by atoms with Crippen molar-refractivity contribution in [1.29, 1.82) is 0 Å². The first-order valence-electron chi connectivity index (χ1n) is 7.31. The molecule has 4 heteroatoms. The lowest BCUT2D eigenvalue weighted by molar-refractivity contribution is -0.154. The first-order chi connectivity index (χ1) is 8.90. The summed E-state index contributed by atoms with van der Waals surface area (Å²) in [5.74, 6) is 0.810. The van der Waals surface area contributed by atoms with Crippen LogP contribution in [0.25, 0.3) is 0 Å². The van der Waals surface area contributed by atoms with Crippen molar-refractivity contribution in [3.63, 3.8) is 0 Å². The topological polar surface area (TPSA) is 26.3 Å². The van der Waals surface area contributed by atoms with Gasteiger partial charge in [-0.15, -0.1) is 11.8 Å². The molecule has 19 heavy (non-hydrogen) atoms. The molecule has 0 aliphatic heterocycles. The molecule has 0 spiro atoms. The number of carbonyl (C=O) groups excluding carboxylic acids is 1. The fraction of sp³-hybridized carbons (Fsp3) is 0.933. The van der Waals surface area contributed by atoms with Gasteiger partial charge in [0.1, 0.15) is 10.9 Å². The highest BCUT2D eigenvalue weighted by atomic mass is 32.2. The molecule has 0 saturated carbocycles. The summed E-state index contributed by atoms with van der Waals surface area (Å²) in [6, 6.07) is 0. The second kappa shape index (κ2) is 10.5. The molecule has 114 valence electrons. The highest BCUT2D eigenvalue weighted by Gasteiger charge is 2.24. The second-order valence-corrected chi connectivity index (χ2v) is 7.10. The van der Waals surface area contributed by atoms with Crippen LogP contribution in [0.5, 0.6) is 0 Å². The van der Waals surface area contributed by atoms with Gasteiger partial charge < -0.3 is 4.74 Å². The third-order valence-electron chi connectivity index (χ3n) is 2.59. The van der Waals surface area contributed by atoms with Crippen LogP contribution in [0.15, 0.2) is 0 Å². The van der Waals surface area contributed by atoms with Crippen molar-refractivity contribution in [2.75, 3.05) is 12.4 Å². The van der Waals surface area contributed by atoms with E-state index in [0.717, 1.165) is 37.9 Å². The number of rotatable bonds is 10. The number of ether oxygens (including phenoxy) is 1. The van der Waals surface area contributed by atoms with Gasteiger partial charge in [-0.3, -0.25) is 9.18 Å². The van der Waals surface area contributed by atoms with Gasteiger partial charge in [-0.2, -0.15) is 0 Å². The minimum atomic E-state index is -0.420. The first-order valence-corrected chi connectivity index (χ1v) is 8.36. The van der Waals surface area contributed by atoms with Gasteiger partial charge in [-0.25, -0.2) is 0 Å². The minimum Gasteiger partial charge on any atom is -0.459 e. The fourth-order valence-electron chi connectivity index (χ4n) is 1.63. The normalized spacial score (nSPS) is 13.3. The number of unbranched alkanes of at least 4 members (excludes halogenated alkanes) is 3. The average Bonchev–Trinajstić information content (AvgIpc) is 2.30. The van der Waals surface area contributed by atoms with E-state index in [4.69, 9.17) is 4.74 Å². The molecule has 0 aromatic carbocycles. The van der Waals surface area contributed by atoms with Crippen LogP contribution in [0.2, 0.25) is 0 Å². The number of carbonyl (C=O) groups is 1. The molecule has 1 atom stereocenters. The molecule has 0 saturated heterocycles. The number of halogens is 1. The second-order valence-electron chi connectivity index (χ2n) is 5.78. The maximum atomic E-state index is 12.1. The predicted molar refractivity (Wildman–Crippen MR) is 81.4 cm³/mol. The summed E-state index contributed by atoms with van der Waals surface area (Å²) in [5, 5.41) is -0.0652. The van der Waals surface area contributed by atoms with Crippen LogP contribution in [0, 0.1) is 0 Å².